The fraction of sp³-hybridized carbons (Fsp3) is 0.500. The summed E-state index contributed by atoms with van der Waals surface area (Å²) >= 11 is 0. The van der Waals surface area contributed by atoms with E-state index >= 15 is 0 Å². The van der Waals surface area contributed by atoms with Crippen molar-refractivity contribution in [1.82, 2.24) is 14.5 Å². The molecule has 0 aliphatic carbocycles. The number of rotatable bonds is 11. The van der Waals surface area contributed by atoms with E-state index in [2.05, 4.69) is 5.32 Å². The molecule has 0 spiro atoms. The van der Waals surface area contributed by atoms with E-state index in [1.165, 1.54) is 7.05 Å². The van der Waals surface area contributed by atoms with Crippen LogP contribution in [-0.4, -0.2) is 66.5 Å². The minimum absolute atomic E-state index is 0.0683. The van der Waals surface area contributed by atoms with Crippen LogP contribution in [0.15, 0.2) is 30.3 Å². The molecule has 0 aliphatic rings. The lowest BCUT2D eigenvalue weighted by Crippen LogP contribution is -2.44. The van der Waals surface area contributed by atoms with Crippen molar-refractivity contribution in [3.05, 3.63) is 35.9 Å². The first-order valence-electron chi connectivity index (χ1n) is 8.96. The van der Waals surface area contributed by atoms with Crippen molar-refractivity contribution in [2.24, 2.45) is 0 Å². The molecule has 0 aliphatic heterocycles. The lowest BCUT2D eigenvalue weighted by molar-refractivity contribution is -0.136. The van der Waals surface area contributed by atoms with Crippen LogP contribution in [0.5, 0.6) is 0 Å². The molecule has 3 amide bonds. The number of amides is 3. The first-order chi connectivity index (χ1) is 13.2. The van der Waals surface area contributed by atoms with Crippen molar-refractivity contribution in [1.29, 1.82) is 0 Å². The third-order valence-corrected chi connectivity index (χ3v) is 5.83. The normalized spacial score (nSPS) is 11.2. The zero-order valence-electron chi connectivity index (χ0n) is 16.1. The van der Waals surface area contributed by atoms with Crippen LogP contribution in [0, 0.1) is 0 Å². The second-order valence-electron chi connectivity index (χ2n) is 6.13. The lowest BCUT2D eigenvalue weighted by Gasteiger charge is -2.24. The molecule has 156 valence electrons. The van der Waals surface area contributed by atoms with Gasteiger partial charge in [-0.15, -0.1) is 0 Å². The number of sulfonamides is 1. The van der Waals surface area contributed by atoms with Gasteiger partial charge in [0, 0.05) is 26.6 Å². The van der Waals surface area contributed by atoms with Crippen LogP contribution in [0.3, 0.4) is 0 Å². The van der Waals surface area contributed by atoms with Crippen LogP contribution >= 0.6 is 0 Å². The maximum Gasteiger partial charge on any atom is 0.324 e. The molecule has 1 rings (SSSR count). The summed E-state index contributed by atoms with van der Waals surface area (Å²) in [6, 6.07) is 8.39. The molecule has 2 N–H and O–H groups in total. The highest BCUT2D eigenvalue weighted by Crippen LogP contribution is 2.10. The Kier molecular flexibility index (Phi) is 9.60. The average molecular weight is 413 g/mol. The summed E-state index contributed by atoms with van der Waals surface area (Å²) in [6.07, 6.45) is -0.176. The molecule has 1 aromatic carbocycles. The zero-order chi connectivity index (χ0) is 21.2. The van der Waals surface area contributed by atoms with Gasteiger partial charge in [-0.1, -0.05) is 37.3 Å². The van der Waals surface area contributed by atoms with Crippen molar-refractivity contribution in [3.63, 3.8) is 0 Å². The van der Waals surface area contributed by atoms with E-state index in [1.54, 1.807) is 31.2 Å². The van der Waals surface area contributed by atoms with Gasteiger partial charge in [0.2, 0.25) is 15.9 Å². The summed E-state index contributed by atoms with van der Waals surface area (Å²) in [5.41, 5.74) is 0.763. The van der Waals surface area contributed by atoms with Gasteiger partial charge in [-0.05, 0) is 12.0 Å². The highest BCUT2D eigenvalue weighted by molar-refractivity contribution is 7.89. The predicted molar refractivity (Wildman–Crippen MR) is 104 cm³/mol. The number of aliphatic carboxylic acids is 1. The van der Waals surface area contributed by atoms with Gasteiger partial charge >= 0.3 is 12.0 Å². The zero-order valence-corrected chi connectivity index (χ0v) is 16.9. The summed E-state index contributed by atoms with van der Waals surface area (Å²) in [5, 5.41) is 11.1. The van der Waals surface area contributed by atoms with Crippen LogP contribution in [0.2, 0.25) is 0 Å². The number of urea groups is 1. The molecule has 28 heavy (non-hydrogen) atoms. The van der Waals surface area contributed by atoms with Crippen molar-refractivity contribution >= 4 is 27.9 Å². The number of carbonyl (C=O) groups is 3. The maximum atomic E-state index is 12.6. The molecule has 0 bridgehead atoms. The number of carboxylic acid groups (broad SMARTS) is 1. The standard InChI is InChI=1S/C18H27N3O6S/c1-3-11-20(28(26,27)13-10-17(23)24)12-9-16(22)21(18(25)19-2)14-15-7-5-4-6-8-15/h4-8H,3,9-14H2,1-2H3,(H,19,25)(H,23,24). The first kappa shape index (κ1) is 23.6. The molecule has 0 saturated heterocycles. The molecular formula is C18H27N3O6S. The Balaban J connectivity index is 2.83. The Bertz CT molecular complexity index is 767. The molecular weight excluding hydrogens is 386 g/mol. The number of carboxylic acids is 1. The quantitative estimate of drug-likeness (QED) is 0.563. The summed E-state index contributed by atoms with van der Waals surface area (Å²) in [7, 11) is -2.39. The SMILES string of the molecule is CCCN(CCC(=O)N(Cc1ccccc1)C(=O)NC)S(=O)(=O)CCC(=O)O. The van der Waals surface area contributed by atoms with E-state index in [-0.39, 0.29) is 26.1 Å². The van der Waals surface area contributed by atoms with Crippen molar-refractivity contribution < 1.29 is 27.9 Å². The third kappa shape index (κ3) is 7.65. The van der Waals surface area contributed by atoms with Crippen LogP contribution in [0.25, 0.3) is 0 Å². The van der Waals surface area contributed by atoms with E-state index in [4.69, 9.17) is 5.11 Å². The highest BCUT2D eigenvalue weighted by Gasteiger charge is 2.26. The monoisotopic (exact) mass is 413 g/mol. The Morgan fingerprint density at radius 1 is 1.07 bits per heavy atom. The van der Waals surface area contributed by atoms with Gasteiger partial charge in [0.05, 0.1) is 18.7 Å². The van der Waals surface area contributed by atoms with Crippen LogP contribution < -0.4 is 5.32 Å². The fourth-order valence-corrected chi connectivity index (χ4v) is 4.04. The predicted octanol–water partition coefficient (Wildman–Crippen LogP) is 1.26. The smallest absolute Gasteiger partial charge is 0.324 e. The number of benzene rings is 1. The molecule has 0 fully saturated rings. The number of hydrogen-bond donors (Lipinski definition) is 2. The van der Waals surface area contributed by atoms with Gasteiger partial charge in [-0.2, -0.15) is 0 Å². The number of imide groups is 1. The minimum atomic E-state index is -3.80. The van der Waals surface area contributed by atoms with Crippen molar-refractivity contribution in [3.8, 4) is 0 Å². The number of hydrogen-bond acceptors (Lipinski definition) is 5. The second-order valence-corrected chi connectivity index (χ2v) is 8.22. The average Bonchev–Trinajstić information content (AvgIpc) is 2.67. The minimum Gasteiger partial charge on any atom is -0.481 e. The Hall–Kier alpha value is -2.46. The summed E-state index contributed by atoms with van der Waals surface area (Å²) in [6.45, 7) is 1.91. The van der Waals surface area contributed by atoms with E-state index in [1.807, 2.05) is 6.07 Å². The van der Waals surface area contributed by atoms with Crippen LogP contribution in [0.1, 0.15) is 31.7 Å². The van der Waals surface area contributed by atoms with Gasteiger partial charge in [-0.3, -0.25) is 14.5 Å². The van der Waals surface area contributed by atoms with E-state index in [0.29, 0.717) is 6.42 Å². The third-order valence-electron chi connectivity index (χ3n) is 3.96. The summed E-state index contributed by atoms with van der Waals surface area (Å²) in [5.74, 6) is -2.25. The molecule has 0 unspecified atom stereocenters. The summed E-state index contributed by atoms with van der Waals surface area (Å²) < 4.78 is 25.8. The molecule has 0 atom stereocenters. The Labute approximate surface area is 165 Å². The molecule has 0 radical (unpaired) electrons. The lowest BCUT2D eigenvalue weighted by atomic mass is 10.2. The second kappa shape index (κ2) is 11.4. The van der Waals surface area contributed by atoms with E-state index < -0.39 is 40.1 Å². The largest absolute Gasteiger partial charge is 0.481 e. The molecule has 0 aromatic heterocycles. The van der Waals surface area contributed by atoms with Gasteiger partial charge < -0.3 is 10.4 Å². The van der Waals surface area contributed by atoms with Crippen LogP contribution in [-0.2, 0) is 26.2 Å². The van der Waals surface area contributed by atoms with Gasteiger partial charge in [-0.25, -0.2) is 17.5 Å². The van der Waals surface area contributed by atoms with E-state index in [0.717, 1.165) is 14.8 Å². The molecule has 9 nitrogen and oxygen atoms in total. The van der Waals surface area contributed by atoms with Crippen LogP contribution in [0.4, 0.5) is 4.79 Å². The van der Waals surface area contributed by atoms with Gasteiger partial charge in [0.1, 0.15) is 0 Å². The Morgan fingerprint density at radius 2 is 1.71 bits per heavy atom. The molecule has 10 heteroatoms. The summed E-state index contributed by atoms with van der Waals surface area (Å²) in [4.78, 5) is 36.4. The molecule has 1 aromatic rings. The maximum absolute atomic E-state index is 12.6. The van der Waals surface area contributed by atoms with Gasteiger partial charge in [0.15, 0.2) is 0 Å². The Morgan fingerprint density at radius 3 is 2.25 bits per heavy atom. The number of nitrogens with zero attached hydrogens (tertiary/aromatic N) is 2. The topological polar surface area (TPSA) is 124 Å². The van der Waals surface area contributed by atoms with Gasteiger partial charge in [0.25, 0.3) is 0 Å². The highest BCUT2D eigenvalue weighted by atomic mass is 32.2. The van der Waals surface area contributed by atoms with Crippen molar-refractivity contribution in [2.45, 2.75) is 32.7 Å². The number of nitrogens with one attached hydrogen (secondary N) is 1. The molecule has 0 saturated carbocycles. The van der Waals surface area contributed by atoms with E-state index in [9.17, 15) is 22.8 Å². The first-order valence-corrected chi connectivity index (χ1v) is 10.6. The molecule has 0 heterocycles. The number of carbonyl (C=O) groups excluding carboxylic acids is 2. The fourth-order valence-electron chi connectivity index (χ4n) is 2.51. The van der Waals surface area contributed by atoms with Crippen molar-refractivity contribution in [2.75, 3.05) is 25.9 Å².